The van der Waals surface area contributed by atoms with Crippen molar-refractivity contribution in [3.63, 3.8) is 0 Å². The highest BCUT2D eigenvalue weighted by Gasteiger charge is 2.12. The second kappa shape index (κ2) is 8.80. The summed E-state index contributed by atoms with van der Waals surface area (Å²) < 4.78 is 2.13. The summed E-state index contributed by atoms with van der Waals surface area (Å²) in [7, 11) is 0. The minimum atomic E-state index is 0.571. The molecular weight excluding hydrogens is 387 g/mol. The lowest BCUT2D eigenvalue weighted by Crippen LogP contribution is -2.08. The van der Waals surface area contributed by atoms with Crippen molar-refractivity contribution in [1.82, 2.24) is 14.8 Å². The molecule has 2 aromatic carbocycles. The number of halogens is 2. The first kappa shape index (κ1) is 19.1. The van der Waals surface area contributed by atoms with Crippen LogP contribution >= 0.6 is 35.0 Å². The zero-order valence-corrected chi connectivity index (χ0v) is 17.0. The van der Waals surface area contributed by atoms with E-state index in [1.807, 2.05) is 18.2 Å². The van der Waals surface area contributed by atoms with Crippen molar-refractivity contribution >= 4 is 40.7 Å². The molecule has 0 atom stereocenters. The van der Waals surface area contributed by atoms with E-state index in [1.54, 1.807) is 11.8 Å². The maximum Gasteiger partial charge on any atom is 0.191 e. The van der Waals surface area contributed by atoms with E-state index in [4.69, 9.17) is 23.2 Å². The summed E-state index contributed by atoms with van der Waals surface area (Å²) in [6.07, 6.45) is 0. The lowest BCUT2D eigenvalue weighted by Gasteiger charge is -2.09. The molecule has 4 nitrogen and oxygen atoms in total. The zero-order valence-electron chi connectivity index (χ0n) is 14.7. The number of nitrogens with one attached hydrogen (secondary N) is 1. The van der Waals surface area contributed by atoms with E-state index in [0.717, 1.165) is 34.5 Å². The van der Waals surface area contributed by atoms with Crippen molar-refractivity contribution in [2.45, 2.75) is 37.8 Å². The summed E-state index contributed by atoms with van der Waals surface area (Å²) in [6.45, 7) is 5.63. The van der Waals surface area contributed by atoms with E-state index in [-0.39, 0.29) is 0 Å². The number of rotatable bonds is 7. The molecule has 0 radical (unpaired) electrons. The second-order valence-corrected chi connectivity index (χ2v) is 7.66. The van der Waals surface area contributed by atoms with Crippen LogP contribution in [-0.2, 0) is 18.8 Å². The Morgan fingerprint density at radius 3 is 2.50 bits per heavy atom. The SMILES string of the molecule is CCn1c(CNc2ccc(C)cc2)nnc1SCc1ccc(Cl)c(Cl)c1. The van der Waals surface area contributed by atoms with Gasteiger partial charge in [0.15, 0.2) is 11.0 Å². The number of hydrogen-bond donors (Lipinski definition) is 1. The Balaban J connectivity index is 1.65. The van der Waals surface area contributed by atoms with Gasteiger partial charge in [-0.3, -0.25) is 0 Å². The number of anilines is 1. The van der Waals surface area contributed by atoms with Crippen molar-refractivity contribution < 1.29 is 0 Å². The van der Waals surface area contributed by atoms with Crippen molar-refractivity contribution in [2.75, 3.05) is 5.32 Å². The number of aromatic nitrogens is 3. The number of hydrogen-bond acceptors (Lipinski definition) is 4. The standard InChI is InChI=1S/C19H20Cl2N4S/c1-3-25-18(11-22-15-7-4-13(2)5-8-15)23-24-19(25)26-12-14-6-9-16(20)17(21)10-14/h4-10,22H,3,11-12H2,1-2H3. The Hall–Kier alpha value is -1.69. The fourth-order valence-electron chi connectivity index (χ4n) is 2.50. The summed E-state index contributed by atoms with van der Waals surface area (Å²) in [5.41, 5.74) is 3.42. The Bertz CT molecular complexity index is 878. The number of nitrogens with zero attached hydrogens (tertiary/aromatic N) is 3. The molecule has 0 unspecified atom stereocenters. The molecule has 0 fully saturated rings. The molecule has 0 amide bonds. The molecule has 136 valence electrons. The lowest BCUT2D eigenvalue weighted by atomic mass is 10.2. The van der Waals surface area contributed by atoms with E-state index in [9.17, 15) is 0 Å². The number of benzene rings is 2. The predicted molar refractivity (Wildman–Crippen MR) is 110 cm³/mol. The molecule has 7 heteroatoms. The first-order chi connectivity index (χ1) is 12.6. The summed E-state index contributed by atoms with van der Waals surface area (Å²) >= 11 is 13.7. The average molecular weight is 407 g/mol. The summed E-state index contributed by atoms with van der Waals surface area (Å²) in [6, 6.07) is 14.0. The van der Waals surface area contributed by atoms with Crippen LogP contribution < -0.4 is 5.32 Å². The smallest absolute Gasteiger partial charge is 0.191 e. The fraction of sp³-hybridized carbons (Fsp3) is 0.263. The van der Waals surface area contributed by atoms with Crippen LogP contribution in [0.1, 0.15) is 23.9 Å². The number of aryl methyl sites for hydroxylation is 1. The van der Waals surface area contributed by atoms with E-state index in [0.29, 0.717) is 16.6 Å². The van der Waals surface area contributed by atoms with Gasteiger partial charge in [0.2, 0.25) is 0 Å². The van der Waals surface area contributed by atoms with Gasteiger partial charge in [-0.25, -0.2) is 0 Å². The summed E-state index contributed by atoms with van der Waals surface area (Å²) in [5, 5.41) is 14.1. The highest BCUT2D eigenvalue weighted by atomic mass is 35.5. The van der Waals surface area contributed by atoms with E-state index >= 15 is 0 Å². The Morgan fingerprint density at radius 1 is 1.04 bits per heavy atom. The van der Waals surface area contributed by atoms with Crippen LogP contribution in [0.2, 0.25) is 10.0 Å². The fourth-order valence-corrected chi connectivity index (χ4v) is 3.79. The molecule has 0 saturated heterocycles. The van der Waals surface area contributed by atoms with Gasteiger partial charge in [0.1, 0.15) is 0 Å². The average Bonchev–Trinajstić information content (AvgIpc) is 3.04. The van der Waals surface area contributed by atoms with Crippen molar-refractivity contribution in [3.05, 3.63) is 69.5 Å². The van der Waals surface area contributed by atoms with Gasteiger partial charge in [-0.2, -0.15) is 0 Å². The molecule has 3 aromatic rings. The third-order valence-corrected chi connectivity index (χ3v) is 5.74. The maximum atomic E-state index is 6.08. The molecule has 26 heavy (non-hydrogen) atoms. The monoisotopic (exact) mass is 406 g/mol. The van der Waals surface area contributed by atoms with Crippen molar-refractivity contribution in [1.29, 1.82) is 0 Å². The van der Waals surface area contributed by atoms with Gasteiger partial charge in [-0.15, -0.1) is 10.2 Å². The number of thioether (sulfide) groups is 1. The molecule has 0 aliphatic carbocycles. The van der Waals surface area contributed by atoms with Gasteiger partial charge >= 0.3 is 0 Å². The topological polar surface area (TPSA) is 42.7 Å². The molecule has 1 heterocycles. The van der Waals surface area contributed by atoms with Crippen LogP contribution in [0.15, 0.2) is 47.6 Å². The van der Waals surface area contributed by atoms with Gasteiger partial charge < -0.3 is 9.88 Å². The van der Waals surface area contributed by atoms with Crippen LogP contribution in [0.5, 0.6) is 0 Å². The quantitative estimate of drug-likeness (QED) is 0.502. The van der Waals surface area contributed by atoms with Gasteiger partial charge in [-0.1, -0.05) is 58.7 Å². The molecule has 0 spiro atoms. The molecule has 1 N–H and O–H groups in total. The maximum absolute atomic E-state index is 6.08. The van der Waals surface area contributed by atoms with Gasteiger partial charge in [0.25, 0.3) is 0 Å². The van der Waals surface area contributed by atoms with Crippen LogP contribution in [0.4, 0.5) is 5.69 Å². The van der Waals surface area contributed by atoms with Crippen molar-refractivity contribution in [2.24, 2.45) is 0 Å². The minimum absolute atomic E-state index is 0.571. The summed E-state index contributed by atoms with van der Waals surface area (Å²) in [4.78, 5) is 0. The zero-order chi connectivity index (χ0) is 18.5. The van der Waals surface area contributed by atoms with Crippen LogP contribution in [0.25, 0.3) is 0 Å². The highest BCUT2D eigenvalue weighted by molar-refractivity contribution is 7.98. The Labute approximate surface area is 167 Å². The Morgan fingerprint density at radius 2 is 1.81 bits per heavy atom. The lowest BCUT2D eigenvalue weighted by molar-refractivity contribution is 0.648. The van der Waals surface area contributed by atoms with E-state index in [2.05, 4.69) is 58.2 Å². The van der Waals surface area contributed by atoms with Crippen LogP contribution in [0.3, 0.4) is 0 Å². The van der Waals surface area contributed by atoms with E-state index < -0.39 is 0 Å². The molecule has 0 aliphatic heterocycles. The van der Waals surface area contributed by atoms with Gasteiger partial charge in [-0.05, 0) is 43.7 Å². The summed E-state index contributed by atoms with van der Waals surface area (Å²) in [5.74, 6) is 1.69. The van der Waals surface area contributed by atoms with E-state index in [1.165, 1.54) is 5.56 Å². The minimum Gasteiger partial charge on any atom is -0.378 e. The van der Waals surface area contributed by atoms with Crippen molar-refractivity contribution in [3.8, 4) is 0 Å². The highest BCUT2D eigenvalue weighted by Crippen LogP contribution is 2.27. The first-order valence-electron chi connectivity index (χ1n) is 8.36. The molecule has 0 bridgehead atoms. The second-order valence-electron chi connectivity index (χ2n) is 5.90. The largest absolute Gasteiger partial charge is 0.378 e. The first-order valence-corrected chi connectivity index (χ1v) is 10.1. The van der Waals surface area contributed by atoms with Gasteiger partial charge in [0, 0.05) is 18.0 Å². The molecule has 3 rings (SSSR count). The normalized spacial score (nSPS) is 10.9. The predicted octanol–water partition coefficient (Wildman–Crippen LogP) is 5.82. The van der Waals surface area contributed by atoms with Crippen LogP contribution in [0, 0.1) is 6.92 Å². The Kier molecular flexibility index (Phi) is 6.46. The van der Waals surface area contributed by atoms with Gasteiger partial charge in [0.05, 0.1) is 16.6 Å². The van der Waals surface area contributed by atoms with Crippen LogP contribution in [-0.4, -0.2) is 14.8 Å². The molecule has 0 saturated carbocycles. The molecule has 0 aliphatic rings. The molecule has 1 aromatic heterocycles. The molecular formula is C19H20Cl2N4S. The third kappa shape index (κ3) is 4.72. The third-order valence-electron chi connectivity index (χ3n) is 3.96.